The molecule has 2 heterocycles. The Kier molecular flexibility index (Phi) is 5.33. The number of carbonyl (C=O) groups is 1. The molecule has 0 fully saturated rings. The summed E-state index contributed by atoms with van der Waals surface area (Å²) in [6, 6.07) is 13.1. The Morgan fingerprint density at radius 3 is 2.77 bits per heavy atom. The fraction of sp³-hybridized carbons (Fsp3) is 0.143. The van der Waals surface area contributed by atoms with Crippen LogP contribution in [0.15, 0.2) is 52.9 Å². The number of aryl methyl sites for hydroxylation is 1. The maximum atomic E-state index is 13.8. The predicted molar refractivity (Wildman–Crippen MR) is 110 cm³/mol. The second kappa shape index (κ2) is 8.08. The third-order valence-electron chi connectivity index (χ3n) is 4.58. The molecule has 0 aliphatic heterocycles. The van der Waals surface area contributed by atoms with Crippen molar-refractivity contribution in [3.63, 3.8) is 0 Å². The number of halogens is 2. The molecule has 2 aromatic carbocycles. The van der Waals surface area contributed by atoms with Crippen LogP contribution in [0, 0.1) is 19.7 Å². The quantitative estimate of drug-likeness (QED) is 0.503. The molecule has 4 rings (SSSR count). The Bertz CT molecular complexity index is 1230. The lowest BCUT2D eigenvalue weighted by atomic mass is 10.2. The number of hydrogen-bond donors (Lipinski definition) is 1. The molecule has 0 unspecified atom stereocenters. The lowest BCUT2D eigenvalue weighted by Crippen LogP contribution is -2.15. The molecule has 0 saturated carbocycles. The van der Waals surface area contributed by atoms with Crippen molar-refractivity contribution in [1.29, 1.82) is 0 Å². The second-order valence-corrected chi connectivity index (χ2v) is 7.08. The standard InChI is InChI=1S/C21H17ClFN5O2/c1-12-19(20(29)24-17-9-4-3-8-16(17)23)26-27-28(12)11-18-13(2)30-21(25-18)14-6-5-7-15(22)10-14/h3-10H,11H2,1-2H3,(H,24,29). The number of benzene rings is 2. The topological polar surface area (TPSA) is 85.8 Å². The first-order valence-electron chi connectivity index (χ1n) is 9.10. The van der Waals surface area contributed by atoms with E-state index in [2.05, 4.69) is 20.6 Å². The highest BCUT2D eigenvalue weighted by atomic mass is 35.5. The minimum atomic E-state index is -0.541. The normalized spacial score (nSPS) is 10.9. The van der Waals surface area contributed by atoms with E-state index in [9.17, 15) is 9.18 Å². The Hall–Kier alpha value is -3.52. The molecule has 152 valence electrons. The molecule has 0 spiro atoms. The maximum absolute atomic E-state index is 13.8. The fourth-order valence-corrected chi connectivity index (χ4v) is 3.12. The van der Waals surface area contributed by atoms with Crippen LogP contribution >= 0.6 is 11.6 Å². The summed E-state index contributed by atoms with van der Waals surface area (Å²) in [5, 5.41) is 11.1. The van der Waals surface area contributed by atoms with Gasteiger partial charge in [-0.25, -0.2) is 14.1 Å². The summed E-state index contributed by atoms with van der Waals surface area (Å²) in [6.45, 7) is 3.78. The maximum Gasteiger partial charge on any atom is 0.278 e. The number of aromatic nitrogens is 4. The molecule has 4 aromatic rings. The molecule has 0 radical (unpaired) electrons. The number of amides is 1. The van der Waals surface area contributed by atoms with Gasteiger partial charge in [-0.15, -0.1) is 5.10 Å². The summed E-state index contributed by atoms with van der Waals surface area (Å²) in [5.41, 5.74) is 2.12. The van der Waals surface area contributed by atoms with Gasteiger partial charge >= 0.3 is 0 Å². The summed E-state index contributed by atoms with van der Waals surface area (Å²) in [6.07, 6.45) is 0. The van der Waals surface area contributed by atoms with Gasteiger partial charge in [0, 0.05) is 10.6 Å². The van der Waals surface area contributed by atoms with Crippen molar-refractivity contribution >= 4 is 23.2 Å². The van der Waals surface area contributed by atoms with Crippen molar-refractivity contribution in [3.8, 4) is 11.5 Å². The van der Waals surface area contributed by atoms with Gasteiger partial charge in [0.05, 0.1) is 17.9 Å². The Morgan fingerprint density at radius 2 is 2.00 bits per heavy atom. The fourth-order valence-electron chi connectivity index (χ4n) is 2.93. The van der Waals surface area contributed by atoms with E-state index in [0.717, 1.165) is 5.56 Å². The van der Waals surface area contributed by atoms with Crippen LogP contribution < -0.4 is 5.32 Å². The van der Waals surface area contributed by atoms with Crippen molar-refractivity contribution in [1.82, 2.24) is 20.0 Å². The molecule has 0 bridgehead atoms. The van der Waals surface area contributed by atoms with Crippen molar-refractivity contribution in [2.24, 2.45) is 0 Å². The molecule has 30 heavy (non-hydrogen) atoms. The zero-order chi connectivity index (χ0) is 21.3. The summed E-state index contributed by atoms with van der Waals surface area (Å²) in [5.74, 6) is 0.000485. The first-order valence-corrected chi connectivity index (χ1v) is 9.48. The highest BCUT2D eigenvalue weighted by Crippen LogP contribution is 2.25. The third-order valence-corrected chi connectivity index (χ3v) is 4.82. The number of oxazole rings is 1. The molecule has 1 amide bonds. The van der Waals surface area contributed by atoms with Gasteiger partial charge in [-0.2, -0.15) is 0 Å². The Balaban J connectivity index is 1.55. The molecule has 1 N–H and O–H groups in total. The summed E-state index contributed by atoms with van der Waals surface area (Å²) in [7, 11) is 0. The van der Waals surface area contributed by atoms with Gasteiger partial charge in [-0.05, 0) is 44.2 Å². The van der Waals surface area contributed by atoms with Crippen LogP contribution in [0.2, 0.25) is 5.02 Å². The average molecular weight is 426 g/mol. The van der Waals surface area contributed by atoms with Gasteiger partial charge in [0.25, 0.3) is 5.91 Å². The van der Waals surface area contributed by atoms with Crippen LogP contribution in [0.3, 0.4) is 0 Å². The SMILES string of the molecule is Cc1oc(-c2cccc(Cl)c2)nc1Cn1nnc(C(=O)Nc2ccccc2F)c1C. The molecule has 9 heteroatoms. The zero-order valence-corrected chi connectivity index (χ0v) is 16.9. The number of rotatable bonds is 5. The number of anilines is 1. The van der Waals surface area contributed by atoms with Crippen molar-refractivity contribution < 1.29 is 13.6 Å². The largest absolute Gasteiger partial charge is 0.441 e. The Morgan fingerprint density at radius 1 is 1.20 bits per heavy atom. The molecule has 0 aliphatic carbocycles. The van der Waals surface area contributed by atoms with Crippen molar-refractivity contribution in [2.75, 3.05) is 5.32 Å². The lowest BCUT2D eigenvalue weighted by molar-refractivity contribution is 0.102. The highest BCUT2D eigenvalue weighted by molar-refractivity contribution is 6.30. The van der Waals surface area contributed by atoms with Gasteiger partial charge in [-0.3, -0.25) is 4.79 Å². The van der Waals surface area contributed by atoms with Crippen LogP contribution in [0.25, 0.3) is 11.5 Å². The number of carbonyl (C=O) groups excluding carboxylic acids is 1. The molecule has 0 atom stereocenters. The third kappa shape index (κ3) is 3.95. The van der Waals surface area contributed by atoms with E-state index in [-0.39, 0.29) is 17.9 Å². The van der Waals surface area contributed by atoms with Crippen LogP contribution in [-0.2, 0) is 6.54 Å². The summed E-state index contributed by atoms with van der Waals surface area (Å²) >= 11 is 6.04. The number of nitrogens with zero attached hydrogens (tertiary/aromatic N) is 4. The van der Waals surface area contributed by atoms with Gasteiger partial charge < -0.3 is 9.73 Å². The zero-order valence-electron chi connectivity index (χ0n) is 16.2. The Labute approximate surface area is 176 Å². The molecular formula is C21H17ClFN5O2. The van der Waals surface area contributed by atoms with Gasteiger partial charge in [0.2, 0.25) is 5.89 Å². The van der Waals surface area contributed by atoms with Gasteiger partial charge in [0.15, 0.2) is 5.69 Å². The van der Waals surface area contributed by atoms with Gasteiger partial charge in [0.1, 0.15) is 17.3 Å². The van der Waals surface area contributed by atoms with E-state index in [0.29, 0.717) is 28.1 Å². The molecule has 2 aromatic heterocycles. The van der Waals surface area contributed by atoms with Gasteiger partial charge in [-0.1, -0.05) is 35.0 Å². The highest BCUT2D eigenvalue weighted by Gasteiger charge is 2.20. The monoisotopic (exact) mass is 425 g/mol. The average Bonchev–Trinajstić information content (AvgIpc) is 3.27. The molecule has 0 saturated heterocycles. The molecule has 0 aliphatic rings. The number of hydrogen-bond acceptors (Lipinski definition) is 5. The number of nitrogens with one attached hydrogen (secondary N) is 1. The van der Waals surface area contributed by atoms with Crippen LogP contribution in [-0.4, -0.2) is 25.9 Å². The van der Waals surface area contributed by atoms with E-state index in [1.165, 1.54) is 12.1 Å². The minimum absolute atomic E-state index is 0.0787. The predicted octanol–water partition coefficient (Wildman–Crippen LogP) is 4.64. The van der Waals surface area contributed by atoms with Crippen molar-refractivity contribution in [2.45, 2.75) is 20.4 Å². The summed E-state index contributed by atoms with van der Waals surface area (Å²) < 4.78 is 21.1. The van der Waals surface area contributed by atoms with Crippen molar-refractivity contribution in [3.05, 3.63) is 82.2 Å². The van der Waals surface area contributed by atoms with E-state index >= 15 is 0 Å². The van der Waals surface area contributed by atoms with Crippen LogP contribution in [0.5, 0.6) is 0 Å². The first kappa shape index (κ1) is 19.8. The van der Waals surface area contributed by atoms with E-state index in [1.54, 1.807) is 42.8 Å². The minimum Gasteiger partial charge on any atom is -0.441 e. The molecule has 7 nitrogen and oxygen atoms in total. The summed E-state index contributed by atoms with van der Waals surface area (Å²) in [4.78, 5) is 17.0. The first-order chi connectivity index (χ1) is 14.4. The number of para-hydroxylation sites is 1. The smallest absolute Gasteiger partial charge is 0.278 e. The van der Waals surface area contributed by atoms with E-state index in [4.69, 9.17) is 16.0 Å². The second-order valence-electron chi connectivity index (χ2n) is 6.65. The van der Waals surface area contributed by atoms with E-state index in [1.807, 2.05) is 12.1 Å². The lowest BCUT2D eigenvalue weighted by Gasteiger charge is -2.05. The molecular weight excluding hydrogens is 409 g/mol. The van der Waals surface area contributed by atoms with E-state index < -0.39 is 11.7 Å². The van der Waals surface area contributed by atoms with Crippen LogP contribution in [0.4, 0.5) is 10.1 Å². The van der Waals surface area contributed by atoms with Crippen LogP contribution in [0.1, 0.15) is 27.6 Å².